The van der Waals surface area contributed by atoms with Crippen molar-refractivity contribution in [3.8, 4) is 16.2 Å². The summed E-state index contributed by atoms with van der Waals surface area (Å²) in [7, 11) is -3.51. The number of hydrogen-bond acceptors (Lipinski definition) is 8. The lowest BCUT2D eigenvalue weighted by atomic mass is 10.1. The Balaban J connectivity index is 1.49. The lowest BCUT2D eigenvalue weighted by molar-refractivity contribution is -0.139. The molecule has 0 amide bonds. The number of hydrogen-bond donors (Lipinski definition) is 2. The molecular weight excluding hydrogens is 596 g/mol. The van der Waals surface area contributed by atoms with Crippen LogP contribution in [0.25, 0.3) is 10.4 Å². The highest BCUT2D eigenvalue weighted by atomic mass is 79.9. The normalized spacial score (nSPS) is 14.7. The predicted molar refractivity (Wildman–Crippen MR) is 148 cm³/mol. The van der Waals surface area contributed by atoms with Gasteiger partial charge in [0.05, 0.1) is 20.9 Å². The van der Waals surface area contributed by atoms with Crippen molar-refractivity contribution in [3.63, 3.8) is 0 Å². The Hall–Kier alpha value is -2.93. The predicted octanol–water partition coefficient (Wildman–Crippen LogP) is 5.08. The topological polar surface area (TPSA) is 122 Å². The number of carbonyl (C=O) groups excluding carboxylic acids is 1. The van der Waals surface area contributed by atoms with E-state index in [9.17, 15) is 18.0 Å². The molecule has 0 saturated carbocycles. The van der Waals surface area contributed by atoms with Crippen molar-refractivity contribution in [2.24, 2.45) is 0 Å². The molecule has 1 aromatic heterocycles. The third-order valence-corrected chi connectivity index (χ3v) is 10.1. The molecule has 202 valence electrons. The molecular formula is C26H27BrN2O7S2. The standard InChI is InChI=1S/C26H27BrN2O7S2/c1-2-35-26(32)25-23(36-16-21(30)31)22(27)24(37-25)17-7-6-8-19(15-17)28-18-11-13-29(14-12-18)38(33,34)20-9-4-3-5-10-20/h3-10,15,18,28H,2,11-14,16H2,1H3,(H,30,31). The number of thiophene rings is 1. The number of carboxylic acid groups (broad SMARTS) is 1. The zero-order chi connectivity index (χ0) is 27.3. The molecule has 38 heavy (non-hydrogen) atoms. The van der Waals surface area contributed by atoms with Crippen molar-refractivity contribution in [1.29, 1.82) is 0 Å². The minimum Gasteiger partial charge on any atom is -0.479 e. The number of anilines is 1. The van der Waals surface area contributed by atoms with Gasteiger partial charge in [0.15, 0.2) is 17.2 Å². The highest BCUT2D eigenvalue weighted by Crippen LogP contribution is 2.46. The largest absolute Gasteiger partial charge is 0.479 e. The summed E-state index contributed by atoms with van der Waals surface area (Å²) < 4.78 is 38.4. The molecule has 2 N–H and O–H groups in total. The molecule has 0 spiro atoms. The third-order valence-electron chi connectivity index (χ3n) is 5.94. The highest BCUT2D eigenvalue weighted by Gasteiger charge is 2.30. The molecule has 0 unspecified atom stereocenters. The van der Waals surface area contributed by atoms with Crippen LogP contribution in [0.3, 0.4) is 0 Å². The zero-order valence-corrected chi connectivity index (χ0v) is 23.8. The van der Waals surface area contributed by atoms with Gasteiger partial charge in [0.1, 0.15) is 0 Å². The molecule has 1 aliphatic rings. The van der Waals surface area contributed by atoms with Crippen molar-refractivity contribution >= 4 is 54.9 Å². The van der Waals surface area contributed by atoms with E-state index in [2.05, 4.69) is 21.2 Å². The number of rotatable bonds is 10. The number of piperidine rings is 1. The van der Waals surface area contributed by atoms with Gasteiger partial charge in [-0.2, -0.15) is 4.31 Å². The highest BCUT2D eigenvalue weighted by molar-refractivity contribution is 9.10. The number of carboxylic acids is 1. The molecule has 3 aromatic rings. The van der Waals surface area contributed by atoms with Gasteiger partial charge in [-0.3, -0.25) is 0 Å². The van der Waals surface area contributed by atoms with Gasteiger partial charge in [-0.15, -0.1) is 11.3 Å². The van der Waals surface area contributed by atoms with Crippen LogP contribution >= 0.6 is 27.3 Å². The number of nitrogens with one attached hydrogen (secondary N) is 1. The summed E-state index contributed by atoms with van der Waals surface area (Å²) in [5.41, 5.74) is 1.64. The van der Waals surface area contributed by atoms with Gasteiger partial charge in [-0.1, -0.05) is 30.3 Å². The van der Waals surface area contributed by atoms with Crippen LogP contribution in [0.15, 0.2) is 64.0 Å². The minimum atomic E-state index is -3.51. The molecule has 0 bridgehead atoms. The molecule has 9 nitrogen and oxygen atoms in total. The molecule has 1 saturated heterocycles. The molecule has 2 aromatic carbocycles. The molecule has 0 atom stereocenters. The maximum Gasteiger partial charge on any atom is 0.352 e. The van der Waals surface area contributed by atoms with Gasteiger partial charge < -0.3 is 19.9 Å². The average molecular weight is 624 g/mol. The van der Waals surface area contributed by atoms with E-state index < -0.39 is 28.6 Å². The van der Waals surface area contributed by atoms with E-state index in [0.717, 1.165) is 22.6 Å². The van der Waals surface area contributed by atoms with Gasteiger partial charge in [0.2, 0.25) is 10.0 Å². The summed E-state index contributed by atoms with van der Waals surface area (Å²) in [5.74, 6) is -1.61. The van der Waals surface area contributed by atoms with Gasteiger partial charge in [-0.25, -0.2) is 18.0 Å². The second kappa shape index (κ2) is 12.3. The van der Waals surface area contributed by atoms with Gasteiger partial charge in [-0.05, 0) is 65.5 Å². The van der Waals surface area contributed by atoms with Crippen molar-refractivity contribution < 1.29 is 32.6 Å². The van der Waals surface area contributed by atoms with Crippen molar-refractivity contribution in [3.05, 3.63) is 63.9 Å². The number of carbonyl (C=O) groups is 2. The average Bonchev–Trinajstić information content (AvgIpc) is 3.24. The van der Waals surface area contributed by atoms with Crippen LogP contribution in [0.5, 0.6) is 5.75 Å². The van der Waals surface area contributed by atoms with Crippen LogP contribution in [0.2, 0.25) is 0 Å². The van der Waals surface area contributed by atoms with Crippen LogP contribution < -0.4 is 10.1 Å². The number of nitrogens with zero attached hydrogens (tertiary/aromatic N) is 1. The summed E-state index contributed by atoms with van der Waals surface area (Å²) >= 11 is 4.63. The fraction of sp³-hybridized carbons (Fsp3) is 0.308. The maximum absolute atomic E-state index is 12.9. The summed E-state index contributed by atoms with van der Waals surface area (Å²) in [4.78, 5) is 24.7. The lowest BCUT2D eigenvalue weighted by Crippen LogP contribution is -2.42. The molecule has 1 aliphatic heterocycles. The Morgan fingerprint density at radius 3 is 2.50 bits per heavy atom. The summed E-state index contributed by atoms with van der Waals surface area (Å²) in [6, 6.07) is 16.1. The second-order valence-corrected chi connectivity index (χ2v) is 12.3. The Morgan fingerprint density at radius 2 is 1.84 bits per heavy atom. The fourth-order valence-corrected chi connectivity index (χ4v) is 7.58. The van der Waals surface area contributed by atoms with E-state index in [-0.39, 0.29) is 23.3 Å². The number of halogens is 1. The number of aliphatic carboxylic acids is 1. The number of esters is 1. The van der Waals surface area contributed by atoms with Gasteiger partial charge in [0.25, 0.3) is 0 Å². The molecule has 0 aliphatic carbocycles. The van der Waals surface area contributed by atoms with Crippen LogP contribution in [0.4, 0.5) is 5.69 Å². The first-order valence-corrected chi connectivity index (χ1v) is 15.0. The second-order valence-electron chi connectivity index (χ2n) is 8.52. The number of benzene rings is 2. The monoisotopic (exact) mass is 622 g/mol. The van der Waals surface area contributed by atoms with E-state index in [1.165, 1.54) is 4.31 Å². The first-order chi connectivity index (χ1) is 18.2. The van der Waals surface area contributed by atoms with Crippen molar-refractivity contribution in [2.45, 2.75) is 30.7 Å². The first-order valence-electron chi connectivity index (χ1n) is 12.0. The van der Waals surface area contributed by atoms with Crippen LogP contribution in [0.1, 0.15) is 29.4 Å². The Morgan fingerprint density at radius 1 is 1.13 bits per heavy atom. The van der Waals surface area contributed by atoms with E-state index in [1.807, 2.05) is 24.3 Å². The lowest BCUT2D eigenvalue weighted by Gasteiger charge is -2.32. The fourth-order valence-electron chi connectivity index (χ4n) is 4.14. The van der Waals surface area contributed by atoms with Crippen molar-refractivity contribution in [2.75, 3.05) is 31.6 Å². The smallest absolute Gasteiger partial charge is 0.352 e. The number of ether oxygens (including phenoxy) is 2. The van der Waals surface area contributed by atoms with Crippen LogP contribution in [-0.4, -0.2) is 62.1 Å². The maximum atomic E-state index is 12.9. The Labute approximate surface area is 233 Å². The Kier molecular flexibility index (Phi) is 9.08. The molecule has 12 heteroatoms. The van der Waals surface area contributed by atoms with Crippen molar-refractivity contribution in [1.82, 2.24) is 4.31 Å². The summed E-state index contributed by atoms with van der Waals surface area (Å²) in [5, 5.41) is 12.5. The molecule has 0 radical (unpaired) electrons. The summed E-state index contributed by atoms with van der Waals surface area (Å²) in [6.45, 7) is 2.10. The summed E-state index contributed by atoms with van der Waals surface area (Å²) in [6.07, 6.45) is 1.30. The third kappa shape index (κ3) is 6.37. The SMILES string of the molecule is CCOC(=O)c1sc(-c2cccc(NC3CCN(S(=O)(=O)c4ccccc4)CC3)c2)c(Br)c1OCC(=O)O. The van der Waals surface area contributed by atoms with Gasteiger partial charge in [0, 0.05) is 24.8 Å². The van der Waals surface area contributed by atoms with E-state index in [1.54, 1.807) is 37.3 Å². The van der Waals surface area contributed by atoms with E-state index in [0.29, 0.717) is 40.2 Å². The first kappa shape index (κ1) is 28.1. The molecule has 1 fully saturated rings. The Bertz CT molecular complexity index is 1400. The van der Waals surface area contributed by atoms with Crippen LogP contribution in [0, 0.1) is 0 Å². The number of sulfonamides is 1. The van der Waals surface area contributed by atoms with Gasteiger partial charge >= 0.3 is 11.9 Å². The van der Waals surface area contributed by atoms with Crippen LogP contribution in [-0.2, 0) is 19.6 Å². The van der Waals surface area contributed by atoms with E-state index >= 15 is 0 Å². The molecule has 4 rings (SSSR count). The zero-order valence-electron chi connectivity index (χ0n) is 20.6. The minimum absolute atomic E-state index is 0.0869. The quantitative estimate of drug-likeness (QED) is 0.300. The molecule has 2 heterocycles. The van der Waals surface area contributed by atoms with E-state index in [4.69, 9.17) is 14.6 Å².